The zero-order chi connectivity index (χ0) is 16.6. The van der Waals surface area contributed by atoms with Gasteiger partial charge in [0.05, 0.1) is 0 Å². The van der Waals surface area contributed by atoms with E-state index in [2.05, 4.69) is 10.3 Å². The van der Waals surface area contributed by atoms with Crippen LogP contribution in [0, 0.1) is 0 Å². The predicted molar refractivity (Wildman–Crippen MR) is 93.8 cm³/mol. The summed E-state index contributed by atoms with van der Waals surface area (Å²) in [7, 11) is 0. The van der Waals surface area contributed by atoms with Crippen LogP contribution in [-0.2, 0) is 6.42 Å². The van der Waals surface area contributed by atoms with Gasteiger partial charge in [-0.15, -0.1) is 0 Å². The van der Waals surface area contributed by atoms with Crippen LogP contribution in [0.2, 0.25) is 0 Å². The fourth-order valence-electron chi connectivity index (χ4n) is 2.39. The second-order valence-corrected chi connectivity index (χ2v) is 5.25. The summed E-state index contributed by atoms with van der Waals surface area (Å²) < 4.78 is 5.47. The van der Waals surface area contributed by atoms with Gasteiger partial charge in [0.25, 0.3) is 0 Å². The van der Waals surface area contributed by atoms with E-state index < -0.39 is 6.09 Å². The summed E-state index contributed by atoms with van der Waals surface area (Å²) >= 11 is 0. The lowest BCUT2D eigenvalue weighted by Crippen LogP contribution is -2.29. The van der Waals surface area contributed by atoms with Gasteiger partial charge in [0.15, 0.2) is 0 Å². The molecule has 120 valence electrons. The Hall–Kier alpha value is -3.14. The van der Waals surface area contributed by atoms with Crippen molar-refractivity contribution in [2.24, 2.45) is 0 Å². The highest BCUT2D eigenvalue weighted by Crippen LogP contribution is 2.29. The van der Waals surface area contributed by atoms with E-state index in [9.17, 15) is 4.79 Å². The van der Waals surface area contributed by atoms with Crippen LogP contribution >= 0.6 is 0 Å². The Morgan fingerprint density at radius 2 is 1.67 bits per heavy atom. The molecular formula is C20H18N2O2. The van der Waals surface area contributed by atoms with Crippen LogP contribution in [0.4, 0.5) is 4.79 Å². The van der Waals surface area contributed by atoms with Crippen LogP contribution in [-0.4, -0.2) is 17.6 Å². The Labute approximate surface area is 141 Å². The second kappa shape index (κ2) is 7.92. The lowest BCUT2D eigenvalue weighted by molar-refractivity contribution is 0.201. The monoisotopic (exact) mass is 318 g/mol. The molecule has 0 saturated heterocycles. The predicted octanol–water partition coefficient (Wildman–Crippen LogP) is 4.08. The summed E-state index contributed by atoms with van der Waals surface area (Å²) in [5.74, 6) is 0.541. The molecular weight excluding hydrogens is 300 g/mol. The van der Waals surface area contributed by atoms with Crippen molar-refractivity contribution in [2.45, 2.75) is 6.42 Å². The number of carbonyl (C=O) groups excluding carboxylic acids is 1. The van der Waals surface area contributed by atoms with Crippen molar-refractivity contribution in [3.8, 4) is 16.9 Å². The fraction of sp³-hybridized carbons (Fsp3) is 0.100. The van der Waals surface area contributed by atoms with Gasteiger partial charge in [0.2, 0.25) is 0 Å². The largest absolute Gasteiger partial charge is 0.412 e. The molecule has 1 N–H and O–H groups in total. The molecule has 0 unspecified atom stereocenters. The minimum absolute atomic E-state index is 0.464. The van der Waals surface area contributed by atoms with E-state index >= 15 is 0 Å². The van der Waals surface area contributed by atoms with E-state index in [-0.39, 0.29) is 0 Å². The van der Waals surface area contributed by atoms with Crippen molar-refractivity contribution in [1.82, 2.24) is 10.3 Å². The number of para-hydroxylation sites is 1. The van der Waals surface area contributed by atoms with Crippen molar-refractivity contribution in [3.63, 3.8) is 0 Å². The Morgan fingerprint density at radius 1 is 0.917 bits per heavy atom. The number of aromatic nitrogens is 1. The number of hydrogen-bond acceptors (Lipinski definition) is 3. The van der Waals surface area contributed by atoms with Crippen molar-refractivity contribution in [3.05, 3.63) is 84.7 Å². The number of carbonyl (C=O) groups is 1. The lowest BCUT2D eigenvalue weighted by atomic mass is 10.1. The van der Waals surface area contributed by atoms with Crippen molar-refractivity contribution >= 4 is 6.09 Å². The Morgan fingerprint density at radius 3 is 2.46 bits per heavy atom. The molecule has 1 heterocycles. The summed E-state index contributed by atoms with van der Waals surface area (Å²) in [5.41, 5.74) is 2.83. The maximum atomic E-state index is 12.0. The highest BCUT2D eigenvalue weighted by molar-refractivity contribution is 5.76. The topological polar surface area (TPSA) is 51.2 Å². The second-order valence-electron chi connectivity index (χ2n) is 5.25. The van der Waals surface area contributed by atoms with Crippen LogP contribution < -0.4 is 10.1 Å². The van der Waals surface area contributed by atoms with Gasteiger partial charge in [-0.25, -0.2) is 4.79 Å². The van der Waals surface area contributed by atoms with Gasteiger partial charge < -0.3 is 10.1 Å². The fourth-order valence-corrected chi connectivity index (χ4v) is 2.39. The Kier molecular flexibility index (Phi) is 5.20. The molecule has 0 aliphatic carbocycles. The first-order valence-corrected chi connectivity index (χ1v) is 7.83. The highest BCUT2D eigenvalue weighted by Gasteiger charge is 2.09. The van der Waals surface area contributed by atoms with E-state index in [4.69, 9.17) is 4.74 Å². The molecule has 0 radical (unpaired) electrons. The van der Waals surface area contributed by atoms with Gasteiger partial charge in [-0.05, 0) is 23.8 Å². The van der Waals surface area contributed by atoms with Gasteiger partial charge >= 0.3 is 6.09 Å². The minimum Gasteiger partial charge on any atom is -0.410 e. The molecule has 2 aromatic carbocycles. The smallest absolute Gasteiger partial charge is 0.410 e. The summed E-state index contributed by atoms with van der Waals surface area (Å²) in [5, 5.41) is 2.76. The minimum atomic E-state index is -0.464. The molecule has 1 amide bonds. The van der Waals surface area contributed by atoms with Crippen LogP contribution in [0.15, 0.2) is 79.0 Å². The number of nitrogens with zero attached hydrogens (tertiary/aromatic N) is 1. The van der Waals surface area contributed by atoms with E-state index in [0.29, 0.717) is 18.7 Å². The van der Waals surface area contributed by atoms with Crippen LogP contribution in [0.25, 0.3) is 11.1 Å². The Bertz CT molecular complexity index is 789. The quantitative estimate of drug-likeness (QED) is 0.771. The van der Waals surface area contributed by atoms with Gasteiger partial charge in [-0.1, -0.05) is 54.6 Å². The first kappa shape index (κ1) is 15.7. The number of amides is 1. The number of ether oxygens (including phenoxy) is 1. The zero-order valence-corrected chi connectivity index (χ0v) is 13.2. The summed E-state index contributed by atoms with van der Waals surface area (Å²) in [6.07, 6.45) is 1.94. The maximum absolute atomic E-state index is 12.0. The standard InChI is InChI=1S/C20H18N2O2/c23-20(22-15-13-17-10-6-7-14-21-17)24-19-12-5-4-11-18(19)16-8-2-1-3-9-16/h1-12,14H,13,15H2,(H,22,23). The number of pyridine rings is 1. The van der Waals surface area contributed by atoms with Crippen molar-refractivity contribution in [2.75, 3.05) is 6.54 Å². The van der Waals surface area contributed by atoms with Crippen LogP contribution in [0.1, 0.15) is 5.69 Å². The molecule has 24 heavy (non-hydrogen) atoms. The molecule has 3 rings (SSSR count). The van der Waals surface area contributed by atoms with Crippen molar-refractivity contribution < 1.29 is 9.53 Å². The van der Waals surface area contributed by atoms with E-state index in [1.807, 2.05) is 66.7 Å². The lowest BCUT2D eigenvalue weighted by Gasteiger charge is -2.11. The van der Waals surface area contributed by atoms with Gasteiger partial charge in [0, 0.05) is 30.4 Å². The van der Waals surface area contributed by atoms with Crippen LogP contribution in [0.3, 0.4) is 0 Å². The van der Waals surface area contributed by atoms with Crippen molar-refractivity contribution in [1.29, 1.82) is 0 Å². The number of rotatable bonds is 5. The summed E-state index contributed by atoms with van der Waals surface area (Å²) in [6.45, 7) is 0.476. The summed E-state index contributed by atoms with van der Waals surface area (Å²) in [6, 6.07) is 23.1. The molecule has 4 nitrogen and oxygen atoms in total. The van der Waals surface area contributed by atoms with E-state index in [0.717, 1.165) is 16.8 Å². The molecule has 3 aromatic rings. The van der Waals surface area contributed by atoms with Crippen LogP contribution in [0.5, 0.6) is 5.75 Å². The first-order valence-electron chi connectivity index (χ1n) is 7.83. The molecule has 4 heteroatoms. The molecule has 0 atom stereocenters. The molecule has 0 fully saturated rings. The maximum Gasteiger partial charge on any atom is 0.412 e. The third kappa shape index (κ3) is 4.20. The molecule has 0 aliphatic heterocycles. The average molecular weight is 318 g/mol. The number of benzene rings is 2. The molecule has 0 saturated carbocycles. The van der Waals surface area contributed by atoms with E-state index in [1.54, 1.807) is 12.3 Å². The number of hydrogen-bond donors (Lipinski definition) is 1. The average Bonchev–Trinajstić information content (AvgIpc) is 2.64. The SMILES string of the molecule is O=C(NCCc1ccccn1)Oc1ccccc1-c1ccccc1. The third-order valence-electron chi connectivity index (χ3n) is 3.55. The zero-order valence-electron chi connectivity index (χ0n) is 13.2. The number of nitrogens with one attached hydrogen (secondary N) is 1. The highest BCUT2D eigenvalue weighted by atomic mass is 16.6. The molecule has 0 spiro atoms. The van der Waals surface area contributed by atoms with Gasteiger partial charge in [-0.3, -0.25) is 4.98 Å². The normalized spacial score (nSPS) is 10.2. The molecule has 0 bridgehead atoms. The third-order valence-corrected chi connectivity index (χ3v) is 3.55. The Balaban J connectivity index is 1.61. The van der Waals surface area contributed by atoms with E-state index in [1.165, 1.54) is 0 Å². The molecule has 1 aromatic heterocycles. The first-order chi connectivity index (χ1) is 11.8. The van der Waals surface area contributed by atoms with Gasteiger partial charge in [-0.2, -0.15) is 0 Å². The van der Waals surface area contributed by atoms with Gasteiger partial charge in [0.1, 0.15) is 5.75 Å². The molecule has 0 aliphatic rings. The summed E-state index contributed by atoms with van der Waals surface area (Å²) in [4.78, 5) is 16.3.